The Labute approximate surface area is 180 Å². The minimum Gasteiger partial charge on any atom is -0.544 e. The third-order valence-electron chi connectivity index (χ3n) is 8.49. The van der Waals surface area contributed by atoms with Crippen LogP contribution in [0.3, 0.4) is 0 Å². The zero-order chi connectivity index (χ0) is 21.5. The van der Waals surface area contributed by atoms with Crippen molar-refractivity contribution in [1.82, 2.24) is 0 Å². The van der Waals surface area contributed by atoms with Gasteiger partial charge in [0.1, 0.15) is 5.78 Å². The fraction of sp³-hybridized carbons (Fsp3) is 0.731. The highest BCUT2D eigenvalue weighted by Gasteiger charge is 2.50. The van der Waals surface area contributed by atoms with E-state index in [1.54, 1.807) is 0 Å². The molecule has 2 fully saturated rings. The van der Waals surface area contributed by atoms with E-state index in [1.807, 2.05) is 0 Å². The topological polar surface area (TPSA) is 26.3 Å². The van der Waals surface area contributed by atoms with Crippen LogP contribution < -0.4 is 0 Å². The monoisotopic (exact) mass is 414 g/mol. The standard InChI is InChI=1S/C26H42O2Si/c1-24(2,3)29(6,7)28-21-14-18-25(4,19-15-21)16-8-10-20-12-13-22-23(27)11-9-17-26(20,22)5/h8,10,14-15,18,20,22H,9,11-13,16-17,19H2,1-7H3/b10-8+/t20?,22?,25-,26+/m0/s1. The molecule has 4 atom stereocenters. The second kappa shape index (κ2) is 7.87. The lowest BCUT2D eigenvalue weighted by Crippen LogP contribution is -2.40. The Morgan fingerprint density at radius 2 is 1.97 bits per heavy atom. The number of fused-ring (bicyclic) bond motifs is 1. The van der Waals surface area contributed by atoms with E-state index in [-0.39, 0.29) is 15.9 Å². The molecule has 0 aromatic carbocycles. The lowest BCUT2D eigenvalue weighted by atomic mass is 9.65. The first-order chi connectivity index (χ1) is 13.4. The number of hydrogen-bond donors (Lipinski definition) is 0. The van der Waals surface area contributed by atoms with Gasteiger partial charge < -0.3 is 4.43 Å². The quantitative estimate of drug-likeness (QED) is 0.342. The van der Waals surface area contributed by atoms with Crippen molar-refractivity contribution in [2.24, 2.45) is 22.7 Å². The van der Waals surface area contributed by atoms with Crippen LogP contribution in [0.2, 0.25) is 18.1 Å². The van der Waals surface area contributed by atoms with Gasteiger partial charge in [-0.05, 0) is 85.6 Å². The van der Waals surface area contributed by atoms with Crippen molar-refractivity contribution < 1.29 is 9.22 Å². The molecular formula is C26H42O2Si. The molecule has 2 saturated carbocycles. The van der Waals surface area contributed by atoms with Crippen LogP contribution in [0.25, 0.3) is 0 Å². The number of allylic oxidation sites excluding steroid dienone is 5. The molecule has 0 N–H and O–H groups in total. The Balaban J connectivity index is 1.58. The van der Waals surface area contributed by atoms with E-state index < -0.39 is 8.32 Å². The molecule has 0 saturated heterocycles. The summed E-state index contributed by atoms with van der Waals surface area (Å²) in [6, 6.07) is 0. The number of hydrogen-bond acceptors (Lipinski definition) is 2. The molecule has 0 radical (unpaired) electrons. The van der Waals surface area contributed by atoms with Crippen LogP contribution in [0, 0.1) is 22.7 Å². The molecule has 29 heavy (non-hydrogen) atoms. The number of Topliss-reactive ketones (excluding diaryl/α,β-unsaturated/α-hetero) is 1. The molecule has 2 nitrogen and oxygen atoms in total. The summed E-state index contributed by atoms with van der Waals surface area (Å²) >= 11 is 0. The van der Waals surface area contributed by atoms with Gasteiger partial charge in [0.2, 0.25) is 8.32 Å². The predicted octanol–water partition coefficient (Wildman–Crippen LogP) is 7.59. The third kappa shape index (κ3) is 4.65. The van der Waals surface area contributed by atoms with Crippen LogP contribution in [-0.2, 0) is 9.22 Å². The summed E-state index contributed by atoms with van der Waals surface area (Å²) in [5.74, 6) is 2.47. The van der Waals surface area contributed by atoms with Crippen LogP contribution in [0.4, 0.5) is 0 Å². The highest BCUT2D eigenvalue weighted by atomic mass is 28.4. The van der Waals surface area contributed by atoms with Crippen molar-refractivity contribution in [3.05, 3.63) is 36.1 Å². The van der Waals surface area contributed by atoms with Gasteiger partial charge in [-0.2, -0.15) is 0 Å². The average Bonchev–Trinajstić information content (AvgIpc) is 2.94. The number of carbonyl (C=O) groups is 1. The zero-order valence-corrected chi connectivity index (χ0v) is 20.8. The maximum absolute atomic E-state index is 12.3. The smallest absolute Gasteiger partial charge is 0.250 e. The molecule has 0 bridgehead atoms. The minimum absolute atomic E-state index is 0.165. The Morgan fingerprint density at radius 3 is 2.59 bits per heavy atom. The molecule has 0 heterocycles. The van der Waals surface area contributed by atoms with Crippen LogP contribution in [0.15, 0.2) is 36.1 Å². The summed E-state index contributed by atoms with van der Waals surface area (Å²) in [7, 11) is -1.77. The molecule has 2 unspecified atom stereocenters. The zero-order valence-electron chi connectivity index (χ0n) is 19.8. The predicted molar refractivity (Wildman–Crippen MR) is 125 cm³/mol. The Kier molecular flexibility index (Phi) is 6.13. The maximum atomic E-state index is 12.3. The van der Waals surface area contributed by atoms with Gasteiger partial charge in [0.15, 0.2) is 0 Å². The van der Waals surface area contributed by atoms with Gasteiger partial charge in [0.05, 0.1) is 5.76 Å². The Bertz CT molecular complexity index is 723. The highest BCUT2D eigenvalue weighted by molar-refractivity contribution is 6.74. The molecule has 162 valence electrons. The van der Waals surface area contributed by atoms with E-state index in [0.29, 0.717) is 17.6 Å². The molecule has 0 amide bonds. The van der Waals surface area contributed by atoms with Crippen molar-refractivity contribution in [1.29, 1.82) is 0 Å². The molecule has 0 aromatic rings. The van der Waals surface area contributed by atoms with Gasteiger partial charge >= 0.3 is 0 Å². The van der Waals surface area contributed by atoms with Crippen LogP contribution >= 0.6 is 0 Å². The highest BCUT2D eigenvalue weighted by Crippen LogP contribution is 2.54. The van der Waals surface area contributed by atoms with Crippen molar-refractivity contribution >= 4 is 14.1 Å². The SMILES string of the molecule is CC(C)(C)[Si](C)(C)OC1=CC[C@@](C)(C/C=C/C2CCC3C(=O)CCC[C@]23C)C=C1. The first kappa shape index (κ1) is 22.6. The normalized spacial score (nSPS) is 35.7. The van der Waals surface area contributed by atoms with Crippen molar-refractivity contribution in [2.45, 2.75) is 97.7 Å². The number of rotatable bonds is 5. The summed E-state index contributed by atoms with van der Waals surface area (Å²) in [5, 5.41) is 0.223. The fourth-order valence-electron chi connectivity index (χ4n) is 5.22. The lowest BCUT2D eigenvalue weighted by molar-refractivity contribution is -0.129. The summed E-state index contributed by atoms with van der Waals surface area (Å²) in [5.41, 5.74) is 0.372. The largest absolute Gasteiger partial charge is 0.544 e. The average molecular weight is 415 g/mol. The fourth-order valence-corrected chi connectivity index (χ4v) is 6.26. The Hall–Kier alpha value is -1.09. The van der Waals surface area contributed by atoms with Gasteiger partial charge in [-0.25, -0.2) is 0 Å². The summed E-state index contributed by atoms with van der Waals surface area (Å²) in [6.07, 6.45) is 19.2. The van der Waals surface area contributed by atoms with E-state index in [4.69, 9.17) is 4.43 Å². The summed E-state index contributed by atoms with van der Waals surface area (Å²) in [4.78, 5) is 12.3. The third-order valence-corrected chi connectivity index (χ3v) is 12.8. The molecule has 0 aromatic heterocycles. The lowest BCUT2D eigenvalue weighted by Gasteiger charge is -2.39. The van der Waals surface area contributed by atoms with Gasteiger partial charge in [0.25, 0.3) is 0 Å². The van der Waals surface area contributed by atoms with Crippen LogP contribution in [0.1, 0.15) is 79.6 Å². The van der Waals surface area contributed by atoms with E-state index >= 15 is 0 Å². The van der Waals surface area contributed by atoms with Crippen molar-refractivity contribution in [3.8, 4) is 0 Å². The number of ketones is 1. The molecule has 3 aliphatic rings. The van der Waals surface area contributed by atoms with Gasteiger partial charge in [-0.15, -0.1) is 0 Å². The van der Waals surface area contributed by atoms with Gasteiger partial charge in [-0.1, -0.05) is 52.8 Å². The molecule has 3 rings (SSSR count). The first-order valence-electron chi connectivity index (χ1n) is 11.6. The van der Waals surface area contributed by atoms with Crippen LogP contribution in [-0.4, -0.2) is 14.1 Å². The maximum Gasteiger partial charge on any atom is 0.250 e. The van der Waals surface area contributed by atoms with Gasteiger partial charge in [-0.3, -0.25) is 4.79 Å². The van der Waals surface area contributed by atoms with Gasteiger partial charge in [0, 0.05) is 12.3 Å². The van der Waals surface area contributed by atoms with Crippen molar-refractivity contribution in [3.63, 3.8) is 0 Å². The second-order valence-electron chi connectivity index (χ2n) is 11.9. The van der Waals surface area contributed by atoms with E-state index in [2.05, 4.69) is 78.1 Å². The minimum atomic E-state index is -1.77. The van der Waals surface area contributed by atoms with E-state index in [1.165, 1.54) is 12.8 Å². The molecule has 0 spiro atoms. The number of carbonyl (C=O) groups excluding carboxylic acids is 1. The molecule has 0 aliphatic heterocycles. The second-order valence-corrected chi connectivity index (χ2v) is 16.6. The van der Waals surface area contributed by atoms with Crippen LogP contribution in [0.5, 0.6) is 0 Å². The Morgan fingerprint density at radius 1 is 1.24 bits per heavy atom. The van der Waals surface area contributed by atoms with E-state index in [9.17, 15) is 4.79 Å². The summed E-state index contributed by atoms with van der Waals surface area (Å²) < 4.78 is 6.47. The molecule has 3 heteroatoms. The molecular weight excluding hydrogens is 372 g/mol. The molecule has 3 aliphatic carbocycles. The van der Waals surface area contributed by atoms with Crippen molar-refractivity contribution in [2.75, 3.05) is 0 Å². The summed E-state index contributed by atoms with van der Waals surface area (Å²) in [6.45, 7) is 16.2. The van der Waals surface area contributed by atoms with E-state index in [0.717, 1.165) is 37.9 Å². The first-order valence-corrected chi connectivity index (χ1v) is 14.5.